The zero-order chi connectivity index (χ0) is 11.7. The molecular formula is C10H15ClN4O. The molecule has 2 N–H and O–H groups in total. The Bertz CT molecular complexity index is 376. The van der Waals surface area contributed by atoms with E-state index < -0.39 is 0 Å². The first-order chi connectivity index (χ1) is 7.58. The van der Waals surface area contributed by atoms with Crippen LogP contribution in [0.15, 0.2) is 6.20 Å². The predicted molar refractivity (Wildman–Crippen MR) is 62.2 cm³/mol. The van der Waals surface area contributed by atoms with Crippen molar-refractivity contribution in [1.82, 2.24) is 14.7 Å². The number of rotatable bonds is 1. The number of hydrogen-bond acceptors (Lipinski definition) is 3. The third kappa shape index (κ3) is 2.14. The van der Waals surface area contributed by atoms with Crippen molar-refractivity contribution in [3.8, 4) is 0 Å². The van der Waals surface area contributed by atoms with E-state index in [2.05, 4.69) is 5.10 Å². The van der Waals surface area contributed by atoms with Crippen LogP contribution in [-0.2, 0) is 4.79 Å². The largest absolute Gasteiger partial charge is 0.395 e. The maximum absolute atomic E-state index is 11.2. The molecule has 2 rings (SSSR count). The third-order valence-corrected chi connectivity index (χ3v) is 3.29. The highest BCUT2D eigenvalue weighted by Crippen LogP contribution is 2.25. The van der Waals surface area contributed by atoms with Gasteiger partial charge in [-0.1, -0.05) is 11.6 Å². The first-order valence-electron chi connectivity index (χ1n) is 5.33. The molecule has 1 amide bonds. The highest BCUT2D eigenvalue weighted by Gasteiger charge is 2.22. The predicted octanol–water partition coefficient (Wildman–Crippen LogP) is 1.30. The maximum Gasteiger partial charge on any atom is 0.219 e. The Hall–Kier alpha value is -1.23. The van der Waals surface area contributed by atoms with Gasteiger partial charge in [-0.25, -0.2) is 0 Å². The molecule has 0 unspecified atom stereocenters. The Morgan fingerprint density at radius 3 is 2.62 bits per heavy atom. The summed E-state index contributed by atoms with van der Waals surface area (Å²) in [7, 11) is 0. The average Bonchev–Trinajstić information content (AvgIpc) is 2.59. The van der Waals surface area contributed by atoms with E-state index in [0.717, 1.165) is 25.9 Å². The lowest BCUT2D eigenvalue weighted by Gasteiger charge is -2.31. The Morgan fingerprint density at radius 2 is 2.19 bits per heavy atom. The van der Waals surface area contributed by atoms with Crippen LogP contribution in [0.3, 0.4) is 0 Å². The zero-order valence-corrected chi connectivity index (χ0v) is 9.94. The second-order valence-corrected chi connectivity index (χ2v) is 4.45. The van der Waals surface area contributed by atoms with Crippen LogP contribution in [0.4, 0.5) is 5.69 Å². The molecule has 1 aromatic rings. The van der Waals surface area contributed by atoms with Crippen LogP contribution in [0.2, 0.25) is 5.15 Å². The summed E-state index contributed by atoms with van der Waals surface area (Å²) in [5, 5.41) is 4.51. The molecule has 0 bridgehead atoms. The van der Waals surface area contributed by atoms with Crippen molar-refractivity contribution >= 4 is 23.2 Å². The lowest BCUT2D eigenvalue weighted by Crippen LogP contribution is -2.37. The summed E-state index contributed by atoms with van der Waals surface area (Å²) in [4.78, 5) is 13.0. The summed E-state index contributed by atoms with van der Waals surface area (Å²) >= 11 is 5.81. The molecule has 0 radical (unpaired) electrons. The van der Waals surface area contributed by atoms with Gasteiger partial charge in [0.05, 0.1) is 11.7 Å². The van der Waals surface area contributed by atoms with Gasteiger partial charge >= 0.3 is 0 Å². The van der Waals surface area contributed by atoms with Crippen LogP contribution in [0.25, 0.3) is 0 Å². The van der Waals surface area contributed by atoms with Crippen molar-refractivity contribution in [2.75, 3.05) is 18.8 Å². The molecule has 0 aromatic carbocycles. The molecule has 1 saturated heterocycles. The number of amides is 1. The second kappa shape index (κ2) is 4.33. The van der Waals surface area contributed by atoms with Crippen LogP contribution in [0.5, 0.6) is 0 Å². The van der Waals surface area contributed by atoms with Crippen LogP contribution in [0.1, 0.15) is 25.8 Å². The Balaban J connectivity index is 2.01. The minimum atomic E-state index is 0.136. The number of aromatic nitrogens is 2. The average molecular weight is 243 g/mol. The standard InChI is InChI=1S/C10H15ClN4O/c1-7(16)14-4-2-8(3-5-14)15-6-9(12)10(11)13-15/h6,8H,2-5,12H2,1H3. The smallest absolute Gasteiger partial charge is 0.219 e. The van der Waals surface area contributed by atoms with E-state index in [9.17, 15) is 4.79 Å². The molecule has 1 fully saturated rings. The van der Waals surface area contributed by atoms with Crippen LogP contribution in [0, 0.1) is 0 Å². The number of hydrogen-bond donors (Lipinski definition) is 1. The molecular weight excluding hydrogens is 228 g/mol. The summed E-state index contributed by atoms with van der Waals surface area (Å²) in [6.07, 6.45) is 3.56. The molecule has 1 aliphatic heterocycles. The molecule has 16 heavy (non-hydrogen) atoms. The molecule has 2 heterocycles. The quantitative estimate of drug-likeness (QED) is 0.808. The molecule has 1 aromatic heterocycles. The highest BCUT2D eigenvalue weighted by molar-refractivity contribution is 6.31. The monoisotopic (exact) mass is 242 g/mol. The molecule has 0 saturated carbocycles. The van der Waals surface area contributed by atoms with Crippen molar-refractivity contribution in [2.24, 2.45) is 0 Å². The number of nitrogens with two attached hydrogens (primary N) is 1. The zero-order valence-electron chi connectivity index (χ0n) is 9.19. The molecule has 0 atom stereocenters. The van der Waals surface area contributed by atoms with Gasteiger partial charge in [-0.15, -0.1) is 0 Å². The van der Waals surface area contributed by atoms with Crippen molar-refractivity contribution in [3.63, 3.8) is 0 Å². The summed E-state index contributed by atoms with van der Waals surface area (Å²) in [5.41, 5.74) is 6.15. The van der Waals surface area contributed by atoms with Gasteiger partial charge in [0.15, 0.2) is 5.15 Å². The van der Waals surface area contributed by atoms with E-state index in [1.54, 1.807) is 13.1 Å². The first-order valence-corrected chi connectivity index (χ1v) is 5.71. The molecule has 0 spiro atoms. The van der Waals surface area contributed by atoms with Gasteiger partial charge in [0, 0.05) is 26.2 Å². The molecule has 88 valence electrons. The number of nitrogens with zero attached hydrogens (tertiary/aromatic N) is 3. The Labute approximate surface area is 99.2 Å². The van der Waals surface area contributed by atoms with E-state index in [-0.39, 0.29) is 5.91 Å². The summed E-state index contributed by atoms with van der Waals surface area (Å²) in [6, 6.07) is 0.297. The van der Waals surface area contributed by atoms with E-state index in [1.165, 1.54) is 0 Å². The van der Waals surface area contributed by atoms with Crippen LogP contribution in [-0.4, -0.2) is 33.7 Å². The number of anilines is 1. The minimum absolute atomic E-state index is 0.136. The van der Waals surface area contributed by atoms with Crippen LogP contribution >= 0.6 is 11.6 Å². The SMILES string of the molecule is CC(=O)N1CCC(n2cc(N)c(Cl)n2)CC1. The summed E-state index contributed by atoms with van der Waals surface area (Å²) in [6.45, 7) is 3.15. The van der Waals surface area contributed by atoms with E-state index in [0.29, 0.717) is 16.9 Å². The number of piperidine rings is 1. The summed E-state index contributed by atoms with van der Waals surface area (Å²) in [5.74, 6) is 0.136. The van der Waals surface area contributed by atoms with Gasteiger partial charge < -0.3 is 10.6 Å². The Kier molecular flexibility index (Phi) is 3.05. The fraction of sp³-hybridized carbons (Fsp3) is 0.600. The van der Waals surface area contributed by atoms with E-state index in [1.807, 2.05) is 9.58 Å². The molecule has 0 aliphatic carbocycles. The highest BCUT2D eigenvalue weighted by atomic mass is 35.5. The molecule has 6 heteroatoms. The van der Waals surface area contributed by atoms with Gasteiger partial charge in [0.2, 0.25) is 5.91 Å². The molecule has 1 aliphatic rings. The summed E-state index contributed by atoms with van der Waals surface area (Å²) < 4.78 is 1.81. The van der Waals surface area contributed by atoms with Gasteiger partial charge in [-0.3, -0.25) is 9.48 Å². The fourth-order valence-corrected chi connectivity index (χ4v) is 2.15. The van der Waals surface area contributed by atoms with Crippen molar-refractivity contribution < 1.29 is 4.79 Å². The lowest BCUT2D eigenvalue weighted by molar-refractivity contribution is -0.130. The van der Waals surface area contributed by atoms with Gasteiger partial charge in [0.1, 0.15) is 0 Å². The first kappa shape index (κ1) is 11.3. The topological polar surface area (TPSA) is 64.2 Å². The van der Waals surface area contributed by atoms with E-state index >= 15 is 0 Å². The third-order valence-electron chi connectivity index (χ3n) is 3.00. The number of likely N-dealkylation sites (tertiary alicyclic amines) is 1. The lowest BCUT2D eigenvalue weighted by atomic mass is 10.1. The number of carbonyl (C=O) groups excluding carboxylic acids is 1. The van der Waals surface area contributed by atoms with Crippen molar-refractivity contribution in [1.29, 1.82) is 0 Å². The van der Waals surface area contributed by atoms with Gasteiger partial charge in [-0.05, 0) is 12.8 Å². The number of halogens is 1. The van der Waals surface area contributed by atoms with Crippen LogP contribution < -0.4 is 5.73 Å². The number of nitrogen functional groups attached to an aromatic ring is 1. The number of carbonyl (C=O) groups is 1. The van der Waals surface area contributed by atoms with Crippen molar-refractivity contribution in [3.05, 3.63) is 11.3 Å². The van der Waals surface area contributed by atoms with Crippen molar-refractivity contribution in [2.45, 2.75) is 25.8 Å². The maximum atomic E-state index is 11.2. The Morgan fingerprint density at radius 1 is 1.56 bits per heavy atom. The minimum Gasteiger partial charge on any atom is -0.395 e. The second-order valence-electron chi connectivity index (χ2n) is 4.09. The normalized spacial score (nSPS) is 17.8. The fourth-order valence-electron chi connectivity index (χ4n) is 2.02. The van der Waals surface area contributed by atoms with E-state index in [4.69, 9.17) is 17.3 Å². The molecule has 5 nitrogen and oxygen atoms in total. The van der Waals surface area contributed by atoms with Gasteiger partial charge in [0.25, 0.3) is 0 Å². The van der Waals surface area contributed by atoms with Gasteiger partial charge in [-0.2, -0.15) is 5.10 Å².